The summed E-state index contributed by atoms with van der Waals surface area (Å²) < 4.78 is 12.9. The van der Waals surface area contributed by atoms with Gasteiger partial charge in [0.05, 0.1) is 5.56 Å². The maximum atomic E-state index is 12.9. The summed E-state index contributed by atoms with van der Waals surface area (Å²) in [6.07, 6.45) is 1.26. The predicted molar refractivity (Wildman–Crippen MR) is 95.6 cm³/mol. The molecule has 2 amide bonds. The molecule has 1 fully saturated rings. The van der Waals surface area contributed by atoms with Gasteiger partial charge in [0.1, 0.15) is 11.6 Å². The fraction of sp³-hybridized carbons (Fsp3) is 0.300. The third-order valence-corrected chi connectivity index (χ3v) is 4.61. The highest BCUT2D eigenvalue weighted by atomic mass is 19.1. The molecule has 0 saturated carbocycles. The number of benzene rings is 2. The smallest absolute Gasteiger partial charge is 0.257 e. The van der Waals surface area contributed by atoms with E-state index < -0.39 is 0 Å². The van der Waals surface area contributed by atoms with Crippen LogP contribution in [0.25, 0.3) is 0 Å². The van der Waals surface area contributed by atoms with Crippen LogP contribution in [0.1, 0.15) is 39.1 Å². The Morgan fingerprint density at radius 2 is 1.77 bits per heavy atom. The van der Waals surface area contributed by atoms with Gasteiger partial charge in [0.25, 0.3) is 11.8 Å². The molecule has 0 radical (unpaired) electrons. The van der Waals surface area contributed by atoms with Crippen LogP contribution in [0.15, 0.2) is 42.5 Å². The molecule has 136 valence electrons. The number of amides is 2. The number of piperidine rings is 1. The Hall–Kier alpha value is -2.89. The van der Waals surface area contributed by atoms with Gasteiger partial charge in [-0.15, -0.1) is 0 Å². The van der Waals surface area contributed by atoms with Crippen molar-refractivity contribution in [1.29, 1.82) is 0 Å². The van der Waals surface area contributed by atoms with E-state index in [1.165, 1.54) is 24.3 Å². The van der Waals surface area contributed by atoms with Gasteiger partial charge in [-0.1, -0.05) is 6.07 Å². The molecule has 2 N–H and O–H groups in total. The molecule has 2 aromatic rings. The minimum atomic E-state index is -0.382. The van der Waals surface area contributed by atoms with E-state index >= 15 is 0 Å². The second kappa shape index (κ2) is 7.56. The van der Waals surface area contributed by atoms with Crippen LogP contribution in [0.3, 0.4) is 0 Å². The van der Waals surface area contributed by atoms with Crippen molar-refractivity contribution in [1.82, 2.24) is 10.2 Å². The molecule has 2 aromatic carbocycles. The first-order chi connectivity index (χ1) is 12.4. The van der Waals surface area contributed by atoms with Gasteiger partial charge in [0, 0.05) is 24.7 Å². The summed E-state index contributed by atoms with van der Waals surface area (Å²) in [5.74, 6) is -0.841. The lowest BCUT2D eigenvalue weighted by molar-refractivity contribution is 0.0695. The monoisotopic (exact) mass is 356 g/mol. The Bertz CT molecular complexity index is 812. The number of carbonyl (C=O) groups is 2. The summed E-state index contributed by atoms with van der Waals surface area (Å²) >= 11 is 0. The highest BCUT2D eigenvalue weighted by Crippen LogP contribution is 2.22. The van der Waals surface area contributed by atoms with Crippen LogP contribution in [-0.4, -0.2) is 41.0 Å². The number of hydrogen-bond donors (Lipinski definition) is 2. The van der Waals surface area contributed by atoms with Gasteiger partial charge in [0.2, 0.25) is 0 Å². The van der Waals surface area contributed by atoms with Gasteiger partial charge in [-0.2, -0.15) is 0 Å². The van der Waals surface area contributed by atoms with E-state index in [-0.39, 0.29) is 29.4 Å². The van der Waals surface area contributed by atoms with Crippen LogP contribution in [0.2, 0.25) is 0 Å². The maximum Gasteiger partial charge on any atom is 0.257 e. The molecule has 0 unspecified atom stereocenters. The van der Waals surface area contributed by atoms with Gasteiger partial charge in [-0.05, 0) is 61.7 Å². The van der Waals surface area contributed by atoms with Gasteiger partial charge in [-0.25, -0.2) is 4.39 Å². The van der Waals surface area contributed by atoms with E-state index in [9.17, 15) is 19.1 Å². The van der Waals surface area contributed by atoms with Crippen molar-refractivity contribution in [3.05, 3.63) is 65.0 Å². The lowest BCUT2D eigenvalue weighted by Crippen LogP contribution is -2.46. The molecule has 1 aliphatic rings. The van der Waals surface area contributed by atoms with Crippen molar-refractivity contribution in [2.45, 2.75) is 25.8 Å². The number of hydrogen-bond acceptors (Lipinski definition) is 3. The Kier molecular flexibility index (Phi) is 5.21. The predicted octanol–water partition coefficient (Wildman–Crippen LogP) is 2.87. The number of phenols is 1. The van der Waals surface area contributed by atoms with Crippen LogP contribution in [0, 0.1) is 12.7 Å². The van der Waals surface area contributed by atoms with E-state index in [4.69, 9.17) is 0 Å². The molecule has 6 heteroatoms. The summed E-state index contributed by atoms with van der Waals surface area (Å²) in [5.41, 5.74) is 1.60. The Balaban J connectivity index is 1.56. The van der Waals surface area contributed by atoms with E-state index in [1.807, 2.05) is 6.92 Å². The third kappa shape index (κ3) is 4.02. The minimum absolute atomic E-state index is 0.0123. The van der Waals surface area contributed by atoms with Crippen LogP contribution in [-0.2, 0) is 0 Å². The Morgan fingerprint density at radius 3 is 2.38 bits per heavy atom. The van der Waals surface area contributed by atoms with Crippen molar-refractivity contribution in [3.8, 4) is 5.75 Å². The highest BCUT2D eigenvalue weighted by molar-refractivity contribution is 5.97. The van der Waals surface area contributed by atoms with Gasteiger partial charge >= 0.3 is 0 Å². The van der Waals surface area contributed by atoms with Crippen molar-refractivity contribution in [2.75, 3.05) is 13.1 Å². The van der Waals surface area contributed by atoms with Crippen molar-refractivity contribution in [3.63, 3.8) is 0 Å². The summed E-state index contributed by atoms with van der Waals surface area (Å²) in [6, 6.07) is 10.4. The molecule has 0 atom stereocenters. The number of phenolic OH excluding ortho intramolecular Hbond substituents is 1. The summed E-state index contributed by atoms with van der Waals surface area (Å²) in [6.45, 7) is 2.85. The second-order valence-electron chi connectivity index (χ2n) is 6.57. The number of carbonyl (C=O) groups excluding carboxylic acids is 2. The molecule has 1 aliphatic heterocycles. The number of nitrogens with one attached hydrogen (secondary N) is 1. The standard InChI is InChI=1S/C20H21FN2O3/c1-13-2-7-17(18(24)12-13)20(26)23-10-8-16(9-11-23)22-19(25)14-3-5-15(21)6-4-14/h2-7,12,16,24H,8-11H2,1H3,(H,22,25). The number of nitrogens with zero attached hydrogens (tertiary/aromatic N) is 1. The summed E-state index contributed by atoms with van der Waals surface area (Å²) in [4.78, 5) is 26.4. The Morgan fingerprint density at radius 1 is 1.12 bits per heavy atom. The highest BCUT2D eigenvalue weighted by Gasteiger charge is 2.26. The average Bonchev–Trinajstić information content (AvgIpc) is 2.62. The lowest BCUT2D eigenvalue weighted by Gasteiger charge is -2.32. The molecular formula is C20H21FN2O3. The Labute approximate surface area is 151 Å². The average molecular weight is 356 g/mol. The van der Waals surface area contributed by atoms with E-state index in [2.05, 4.69) is 5.32 Å². The third-order valence-electron chi connectivity index (χ3n) is 4.61. The zero-order chi connectivity index (χ0) is 18.7. The summed E-state index contributed by atoms with van der Waals surface area (Å²) in [7, 11) is 0. The first-order valence-corrected chi connectivity index (χ1v) is 8.59. The number of aromatic hydroxyl groups is 1. The number of likely N-dealkylation sites (tertiary alicyclic amines) is 1. The van der Waals surface area contributed by atoms with E-state index in [1.54, 1.807) is 23.1 Å². The molecule has 3 rings (SSSR count). The fourth-order valence-corrected chi connectivity index (χ4v) is 3.09. The first-order valence-electron chi connectivity index (χ1n) is 8.59. The molecular weight excluding hydrogens is 335 g/mol. The van der Waals surface area contributed by atoms with Crippen LogP contribution in [0.5, 0.6) is 5.75 Å². The molecule has 0 aromatic heterocycles. The quantitative estimate of drug-likeness (QED) is 0.888. The molecule has 1 heterocycles. The SMILES string of the molecule is Cc1ccc(C(=O)N2CCC(NC(=O)c3ccc(F)cc3)CC2)c(O)c1. The van der Waals surface area contributed by atoms with Gasteiger partial charge in [0.15, 0.2) is 0 Å². The first kappa shape index (κ1) is 17.9. The normalized spacial score (nSPS) is 14.9. The van der Waals surface area contributed by atoms with Crippen molar-refractivity contribution in [2.24, 2.45) is 0 Å². The van der Waals surface area contributed by atoms with E-state index in [0.29, 0.717) is 37.1 Å². The number of halogens is 1. The molecule has 0 bridgehead atoms. The lowest BCUT2D eigenvalue weighted by atomic mass is 10.0. The minimum Gasteiger partial charge on any atom is -0.507 e. The number of aryl methyl sites for hydroxylation is 1. The van der Waals surface area contributed by atoms with Crippen molar-refractivity contribution >= 4 is 11.8 Å². The van der Waals surface area contributed by atoms with Crippen LogP contribution < -0.4 is 5.32 Å². The molecule has 0 spiro atoms. The van der Waals surface area contributed by atoms with E-state index in [0.717, 1.165) is 5.56 Å². The topological polar surface area (TPSA) is 69.6 Å². The largest absolute Gasteiger partial charge is 0.507 e. The second-order valence-corrected chi connectivity index (χ2v) is 6.57. The van der Waals surface area contributed by atoms with Gasteiger partial charge in [-0.3, -0.25) is 9.59 Å². The molecule has 0 aliphatic carbocycles. The molecule has 1 saturated heterocycles. The maximum absolute atomic E-state index is 12.9. The number of rotatable bonds is 3. The zero-order valence-corrected chi connectivity index (χ0v) is 14.5. The van der Waals surface area contributed by atoms with Gasteiger partial charge < -0.3 is 15.3 Å². The van der Waals surface area contributed by atoms with Crippen LogP contribution in [0.4, 0.5) is 4.39 Å². The fourth-order valence-electron chi connectivity index (χ4n) is 3.09. The zero-order valence-electron chi connectivity index (χ0n) is 14.5. The molecule has 5 nitrogen and oxygen atoms in total. The molecule has 26 heavy (non-hydrogen) atoms. The van der Waals surface area contributed by atoms with Crippen molar-refractivity contribution < 1.29 is 19.1 Å². The summed E-state index contributed by atoms with van der Waals surface area (Å²) in [5, 5.41) is 12.9. The van der Waals surface area contributed by atoms with Crippen LogP contribution >= 0.6 is 0 Å².